The van der Waals surface area contributed by atoms with Crippen LogP contribution in [-0.2, 0) is 18.7 Å². The van der Waals surface area contributed by atoms with Gasteiger partial charge in [0.05, 0.1) is 18.4 Å². The lowest BCUT2D eigenvalue weighted by molar-refractivity contribution is -0.307. The summed E-state index contributed by atoms with van der Waals surface area (Å²) in [4.78, 5) is 38.3. The summed E-state index contributed by atoms with van der Waals surface area (Å²) in [5.41, 5.74) is 4.80. The van der Waals surface area contributed by atoms with Gasteiger partial charge in [0.1, 0.15) is 0 Å². The van der Waals surface area contributed by atoms with Gasteiger partial charge in [0.2, 0.25) is 0 Å². The summed E-state index contributed by atoms with van der Waals surface area (Å²) in [5.74, 6) is -3.19. The first-order valence-electron chi connectivity index (χ1n) is 2.95. The predicted molar refractivity (Wildman–Crippen MR) is 33.5 cm³/mol. The highest BCUT2D eigenvalue weighted by atomic mass is 31.2. The van der Waals surface area contributed by atoms with Gasteiger partial charge in [-0.1, -0.05) is 0 Å². The van der Waals surface area contributed by atoms with Crippen molar-refractivity contribution in [3.8, 4) is 0 Å². The minimum atomic E-state index is -5.18. The lowest BCUT2D eigenvalue weighted by atomic mass is 10.2. The van der Waals surface area contributed by atoms with Gasteiger partial charge in [-0.05, 0) is 0 Å². The molecule has 0 aromatic rings. The number of hydrogen-bond acceptors (Lipinski definition) is 7. The maximum Gasteiger partial charge on any atom is 0.319 e. The fraction of sp³-hybridized carbons (Fsp3) is 0.500. The molecular weight excluding hydrogens is 205 g/mol. The molecule has 0 heterocycles. The molecule has 0 amide bonds. The molecule has 0 aliphatic carbocycles. The van der Waals surface area contributed by atoms with Crippen LogP contribution in [0.4, 0.5) is 0 Å². The van der Waals surface area contributed by atoms with Gasteiger partial charge in [-0.2, -0.15) is 0 Å². The summed E-state index contributed by atoms with van der Waals surface area (Å²) in [5, 5.41) is 9.95. The SMILES string of the molecule is N[C@@H](CC(=O)OP(=O)([O-])O)C(=O)[O-]. The summed E-state index contributed by atoms with van der Waals surface area (Å²) in [6.07, 6.45) is -0.894. The molecule has 9 heteroatoms. The molecule has 0 aromatic carbocycles. The van der Waals surface area contributed by atoms with Crippen molar-refractivity contribution >= 4 is 19.8 Å². The molecule has 13 heavy (non-hydrogen) atoms. The largest absolute Gasteiger partial charge is 0.746 e. The maximum absolute atomic E-state index is 10.4. The van der Waals surface area contributed by atoms with Crippen molar-refractivity contribution in [3.63, 3.8) is 0 Å². The third kappa shape index (κ3) is 6.23. The van der Waals surface area contributed by atoms with E-state index < -0.39 is 32.2 Å². The Balaban J connectivity index is 4.03. The monoisotopic (exact) mass is 211 g/mol. The Hall–Kier alpha value is -0.950. The van der Waals surface area contributed by atoms with Gasteiger partial charge in [0, 0.05) is 0 Å². The molecule has 0 fully saturated rings. The Morgan fingerprint density at radius 3 is 2.38 bits per heavy atom. The Morgan fingerprint density at radius 1 is 1.62 bits per heavy atom. The molecule has 2 atom stereocenters. The van der Waals surface area contributed by atoms with E-state index in [2.05, 4.69) is 4.52 Å². The molecule has 0 radical (unpaired) electrons. The molecule has 0 spiro atoms. The zero-order valence-electron chi connectivity index (χ0n) is 6.21. The molecule has 76 valence electrons. The van der Waals surface area contributed by atoms with Crippen molar-refractivity contribution in [2.75, 3.05) is 0 Å². The van der Waals surface area contributed by atoms with Crippen LogP contribution in [-0.4, -0.2) is 22.9 Å². The van der Waals surface area contributed by atoms with Crippen molar-refractivity contribution in [3.05, 3.63) is 0 Å². The number of hydrogen-bond donors (Lipinski definition) is 2. The highest BCUT2D eigenvalue weighted by Gasteiger charge is 2.15. The molecule has 0 saturated carbocycles. The molecule has 0 rings (SSSR count). The molecular formula is C4H6NO7P-2. The number of carboxylic acids is 1. The smallest absolute Gasteiger partial charge is 0.319 e. The molecule has 0 aliphatic rings. The van der Waals surface area contributed by atoms with Gasteiger partial charge in [-0.25, -0.2) is 0 Å². The van der Waals surface area contributed by atoms with Crippen molar-refractivity contribution in [1.29, 1.82) is 0 Å². The summed E-state index contributed by atoms with van der Waals surface area (Å²) in [6.45, 7) is 0. The zero-order chi connectivity index (χ0) is 10.6. The molecule has 3 N–H and O–H groups in total. The quantitative estimate of drug-likeness (QED) is 0.453. The average molecular weight is 211 g/mol. The molecule has 0 saturated heterocycles. The minimum absolute atomic E-state index is 0.894. The van der Waals surface area contributed by atoms with Gasteiger partial charge in [-0.15, -0.1) is 0 Å². The van der Waals surface area contributed by atoms with Crippen LogP contribution in [0.5, 0.6) is 0 Å². The van der Waals surface area contributed by atoms with E-state index in [0.717, 1.165) is 0 Å². The van der Waals surface area contributed by atoms with Gasteiger partial charge >= 0.3 is 13.8 Å². The Labute approximate surface area is 72.5 Å². The van der Waals surface area contributed by atoms with Gasteiger partial charge in [0.25, 0.3) is 0 Å². The van der Waals surface area contributed by atoms with Crippen molar-refractivity contribution < 1.29 is 33.6 Å². The molecule has 0 aromatic heterocycles. The van der Waals surface area contributed by atoms with E-state index in [1.807, 2.05) is 0 Å². The zero-order valence-corrected chi connectivity index (χ0v) is 7.10. The van der Waals surface area contributed by atoms with E-state index in [1.54, 1.807) is 0 Å². The van der Waals surface area contributed by atoms with Crippen LogP contribution in [0.1, 0.15) is 6.42 Å². The van der Waals surface area contributed by atoms with Gasteiger partial charge in [0.15, 0.2) is 0 Å². The van der Waals surface area contributed by atoms with Crippen molar-refractivity contribution in [1.82, 2.24) is 0 Å². The lowest BCUT2D eigenvalue weighted by Crippen LogP contribution is -2.43. The van der Waals surface area contributed by atoms with Crippen LogP contribution in [0.25, 0.3) is 0 Å². The Morgan fingerprint density at radius 2 is 2.08 bits per heavy atom. The number of nitrogens with two attached hydrogens (primary N) is 1. The van der Waals surface area contributed by atoms with E-state index in [-0.39, 0.29) is 0 Å². The number of aliphatic carboxylic acids is 1. The number of carboxylic acid groups (broad SMARTS) is 1. The first-order valence-corrected chi connectivity index (χ1v) is 4.44. The second kappa shape index (κ2) is 4.33. The van der Waals surface area contributed by atoms with Crippen LogP contribution in [0.3, 0.4) is 0 Å². The van der Waals surface area contributed by atoms with E-state index in [9.17, 15) is 24.2 Å². The van der Waals surface area contributed by atoms with E-state index in [0.29, 0.717) is 0 Å². The van der Waals surface area contributed by atoms with Crippen LogP contribution in [0, 0.1) is 0 Å². The van der Waals surface area contributed by atoms with Crippen LogP contribution in [0.2, 0.25) is 0 Å². The van der Waals surface area contributed by atoms with E-state index in [4.69, 9.17) is 10.6 Å². The lowest BCUT2D eigenvalue weighted by Gasteiger charge is -2.17. The average Bonchev–Trinajstić information content (AvgIpc) is 1.81. The summed E-state index contributed by atoms with van der Waals surface area (Å²) in [7, 11) is -5.18. The topological polar surface area (TPSA) is 153 Å². The fourth-order valence-electron chi connectivity index (χ4n) is 0.429. The second-order valence-corrected chi connectivity index (χ2v) is 3.18. The van der Waals surface area contributed by atoms with Crippen molar-refractivity contribution in [2.45, 2.75) is 12.5 Å². The highest BCUT2D eigenvalue weighted by Crippen LogP contribution is 2.30. The predicted octanol–water partition coefficient (Wildman–Crippen LogP) is -3.54. The number of carbonyl (C=O) groups is 2. The van der Waals surface area contributed by atoms with Crippen LogP contribution < -0.4 is 15.7 Å². The van der Waals surface area contributed by atoms with Crippen LogP contribution in [0.15, 0.2) is 0 Å². The van der Waals surface area contributed by atoms with E-state index >= 15 is 0 Å². The minimum Gasteiger partial charge on any atom is -0.746 e. The molecule has 0 aliphatic heterocycles. The molecule has 0 bridgehead atoms. The third-order valence-electron chi connectivity index (χ3n) is 0.907. The summed E-state index contributed by atoms with van der Waals surface area (Å²) < 4.78 is 13.3. The summed E-state index contributed by atoms with van der Waals surface area (Å²) in [6, 6.07) is -1.67. The normalized spacial score (nSPS) is 17.2. The maximum atomic E-state index is 10.4. The number of rotatable bonds is 4. The number of phosphoric ester groups is 1. The highest BCUT2D eigenvalue weighted by molar-refractivity contribution is 7.45. The molecule has 8 nitrogen and oxygen atoms in total. The van der Waals surface area contributed by atoms with E-state index in [1.165, 1.54) is 0 Å². The standard InChI is InChI=1S/C4H8NO7P/c5-2(4(7)8)1-3(6)12-13(9,10)11/h2H,1,5H2,(H,7,8)(H2,9,10,11)/p-2/t2-/m0/s1. The first-order chi connectivity index (χ1) is 5.72. The second-order valence-electron chi connectivity index (χ2n) is 2.06. The van der Waals surface area contributed by atoms with Gasteiger partial charge < -0.3 is 29.9 Å². The van der Waals surface area contributed by atoms with Crippen molar-refractivity contribution in [2.24, 2.45) is 5.73 Å². The Kier molecular flexibility index (Phi) is 4.02. The fourth-order valence-corrected chi connectivity index (χ4v) is 0.761. The summed E-state index contributed by atoms with van der Waals surface area (Å²) >= 11 is 0. The molecule has 1 unspecified atom stereocenters. The number of carbonyl (C=O) groups excluding carboxylic acids is 2. The Bertz CT molecular complexity index is 257. The third-order valence-corrected chi connectivity index (χ3v) is 1.34. The number of phosphoric acid groups is 1. The van der Waals surface area contributed by atoms with Gasteiger partial charge in [-0.3, -0.25) is 9.36 Å². The van der Waals surface area contributed by atoms with Crippen LogP contribution >= 0.6 is 7.82 Å². The first kappa shape index (κ1) is 12.0.